The molecular formula is C33H43N3O6. The summed E-state index contributed by atoms with van der Waals surface area (Å²) in [5.41, 5.74) is 4.75. The molecule has 226 valence electrons. The van der Waals surface area contributed by atoms with E-state index >= 15 is 0 Å². The average Bonchev–Trinajstić information content (AvgIpc) is 3.70. The Morgan fingerprint density at radius 2 is 1.88 bits per heavy atom. The number of ketones is 2. The van der Waals surface area contributed by atoms with Gasteiger partial charge >= 0.3 is 5.97 Å². The van der Waals surface area contributed by atoms with Crippen LogP contribution < -0.4 is 11.1 Å². The molecule has 1 aliphatic carbocycles. The van der Waals surface area contributed by atoms with Gasteiger partial charge in [0.15, 0.2) is 11.4 Å². The van der Waals surface area contributed by atoms with Crippen LogP contribution in [0, 0.1) is 5.92 Å². The Balaban J connectivity index is 1.60. The van der Waals surface area contributed by atoms with Crippen molar-refractivity contribution < 1.29 is 29.0 Å². The molecule has 1 aromatic carbocycles. The third-order valence-corrected chi connectivity index (χ3v) is 8.41. The third kappa shape index (κ3) is 6.19. The molecule has 1 aromatic heterocycles. The lowest BCUT2D eigenvalue weighted by molar-refractivity contribution is -0.149. The van der Waals surface area contributed by atoms with Crippen LogP contribution in [0.2, 0.25) is 0 Å². The molecule has 9 nitrogen and oxygen atoms in total. The van der Waals surface area contributed by atoms with Crippen LogP contribution >= 0.6 is 0 Å². The van der Waals surface area contributed by atoms with Crippen LogP contribution in [0.1, 0.15) is 85.6 Å². The molecule has 0 bridgehead atoms. The normalized spacial score (nSPS) is 22.2. The highest BCUT2D eigenvalue weighted by Crippen LogP contribution is 2.59. The number of carbonyl (C=O) groups is 3. The van der Waals surface area contributed by atoms with Crippen LogP contribution in [-0.2, 0) is 20.7 Å². The Morgan fingerprint density at radius 3 is 2.55 bits per heavy atom. The molecule has 1 saturated heterocycles. The lowest BCUT2D eigenvalue weighted by Crippen LogP contribution is -2.51. The van der Waals surface area contributed by atoms with Gasteiger partial charge in [0.2, 0.25) is 5.78 Å². The molecule has 42 heavy (non-hydrogen) atoms. The highest BCUT2D eigenvalue weighted by atomic mass is 16.7. The van der Waals surface area contributed by atoms with Gasteiger partial charge < -0.3 is 25.6 Å². The molecular weight excluding hydrogens is 534 g/mol. The van der Waals surface area contributed by atoms with E-state index in [4.69, 9.17) is 15.2 Å². The molecule has 4 rings (SSSR count). The summed E-state index contributed by atoms with van der Waals surface area (Å²) in [4.78, 5) is 45.7. The molecule has 2 aromatic rings. The Labute approximate surface area is 247 Å². The Morgan fingerprint density at radius 1 is 1.14 bits per heavy atom. The molecule has 3 atom stereocenters. The van der Waals surface area contributed by atoms with E-state index in [0.717, 1.165) is 43.4 Å². The maximum Gasteiger partial charge on any atom is 0.350 e. The van der Waals surface area contributed by atoms with Gasteiger partial charge in [-0.15, -0.1) is 0 Å². The number of ether oxygens (including phenoxy) is 2. The van der Waals surface area contributed by atoms with Crippen molar-refractivity contribution in [2.45, 2.75) is 76.9 Å². The summed E-state index contributed by atoms with van der Waals surface area (Å²) in [7, 11) is 0. The molecule has 1 aliphatic heterocycles. The number of nitrogen functional groups attached to an aromatic ring is 1. The molecule has 1 fully saturated rings. The SMILES string of the molecule is CCCCC(CNCCC)COC(=O)C12OC1(CC(CO)=C(C)CCc1ccnc(N)c1)C(=O)c1ccccc1C2=O. The number of aliphatic hydroxyl groups excluding tert-OH is 1. The van der Waals surface area contributed by atoms with E-state index in [-0.39, 0.29) is 36.7 Å². The van der Waals surface area contributed by atoms with Gasteiger partial charge in [-0.25, -0.2) is 9.78 Å². The maximum atomic E-state index is 14.0. The predicted octanol–water partition coefficient (Wildman–Crippen LogP) is 4.23. The van der Waals surface area contributed by atoms with E-state index in [1.807, 2.05) is 13.0 Å². The van der Waals surface area contributed by atoms with Crippen LogP contribution in [0.3, 0.4) is 0 Å². The van der Waals surface area contributed by atoms with Crippen molar-refractivity contribution >= 4 is 23.4 Å². The summed E-state index contributed by atoms with van der Waals surface area (Å²) in [6.07, 6.45) is 6.65. The highest BCUT2D eigenvalue weighted by molar-refractivity contribution is 6.32. The second-order valence-electron chi connectivity index (χ2n) is 11.4. The number of nitrogens with two attached hydrogens (primary N) is 1. The van der Waals surface area contributed by atoms with Crippen molar-refractivity contribution in [3.8, 4) is 0 Å². The Hall–Kier alpha value is -3.40. The lowest BCUT2D eigenvalue weighted by Gasteiger charge is -2.26. The first-order valence-corrected chi connectivity index (χ1v) is 15.0. The number of rotatable bonds is 16. The fraction of sp³-hybridized carbons (Fsp3) is 0.515. The van der Waals surface area contributed by atoms with Crippen molar-refractivity contribution in [2.24, 2.45) is 5.92 Å². The summed E-state index contributed by atoms with van der Waals surface area (Å²) >= 11 is 0. The van der Waals surface area contributed by atoms with Gasteiger partial charge in [0.05, 0.1) is 13.2 Å². The number of epoxide rings is 1. The van der Waals surface area contributed by atoms with Crippen molar-refractivity contribution in [2.75, 3.05) is 32.0 Å². The number of Topliss-reactive ketones (excluding diaryl/α,β-unsaturated/α-hetero) is 2. The fourth-order valence-electron chi connectivity index (χ4n) is 5.81. The van der Waals surface area contributed by atoms with E-state index in [2.05, 4.69) is 24.1 Å². The summed E-state index contributed by atoms with van der Waals surface area (Å²) < 4.78 is 11.8. The molecule has 0 amide bonds. The van der Waals surface area contributed by atoms with Gasteiger partial charge in [-0.3, -0.25) is 9.59 Å². The second kappa shape index (κ2) is 13.7. The average molecular weight is 578 g/mol. The molecule has 2 aliphatic rings. The number of hydrogen-bond donors (Lipinski definition) is 3. The zero-order valence-corrected chi connectivity index (χ0v) is 24.9. The first-order chi connectivity index (χ1) is 20.2. The van der Waals surface area contributed by atoms with Crippen LogP contribution in [0.25, 0.3) is 0 Å². The number of anilines is 1. The van der Waals surface area contributed by atoms with Gasteiger partial charge in [0.25, 0.3) is 5.60 Å². The molecule has 9 heteroatoms. The highest BCUT2D eigenvalue weighted by Gasteiger charge is 2.85. The van der Waals surface area contributed by atoms with E-state index in [0.29, 0.717) is 30.8 Å². The minimum absolute atomic E-state index is 0.0732. The quantitative estimate of drug-likeness (QED) is 0.0877. The number of pyridine rings is 1. The topological polar surface area (TPSA) is 144 Å². The van der Waals surface area contributed by atoms with Gasteiger partial charge in [-0.1, -0.05) is 56.5 Å². The third-order valence-electron chi connectivity index (χ3n) is 8.41. The van der Waals surface area contributed by atoms with Gasteiger partial charge in [0, 0.05) is 36.2 Å². The minimum Gasteiger partial charge on any atom is -0.463 e. The summed E-state index contributed by atoms with van der Waals surface area (Å²) in [5, 5.41) is 13.8. The maximum absolute atomic E-state index is 14.0. The number of nitrogens with zero attached hydrogens (tertiary/aromatic N) is 1. The number of nitrogens with one attached hydrogen (secondary N) is 1. The molecule has 2 heterocycles. The van der Waals surface area contributed by atoms with E-state index in [1.165, 1.54) is 0 Å². The number of esters is 1. The van der Waals surface area contributed by atoms with Gasteiger partial charge in [-0.2, -0.15) is 0 Å². The van der Waals surface area contributed by atoms with Crippen LogP contribution in [-0.4, -0.2) is 65.1 Å². The van der Waals surface area contributed by atoms with E-state index in [9.17, 15) is 19.5 Å². The molecule has 0 spiro atoms. The number of fused-ring (bicyclic) bond motifs is 2. The number of hydrogen-bond acceptors (Lipinski definition) is 9. The Kier molecular flexibility index (Phi) is 10.3. The first kappa shape index (κ1) is 31.5. The van der Waals surface area contributed by atoms with E-state index in [1.54, 1.807) is 36.5 Å². The van der Waals surface area contributed by atoms with E-state index < -0.39 is 28.7 Å². The number of allylic oxidation sites excluding steroid dienone is 1. The molecule has 4 N–H and O–H groups in total. The van der Waals surface area contributed by atoms with Gasteiger partial charge in [-0.05, 0) is 62.4 Å². The van der Waals surface area contributed by atoms with Crippen LogP contribution in [0.15, 0.2) is 53.7 Å². The lowest BCUT2D eigenvalue weighted by atomic mass is 9.71. The largest absolute Gasteiger partial charge is 0.463 e. The predicted molar refractivity (Wildman–Crippen MR) is 160 cm³/mol. The number of carbonyl (C=O) groups excluding carboxylic acids is 3. The van der Waals surface area contributed by atoms with Crippen molar-refractivity contribution in [1.82, 2.24) is 10.3 Å². The zero-order valence-electron chi connectivity index (χ0n) is 24.9. The summed E-state index contributed by atoms with van der Waals surface area (Å²) in [5.74, 6) is -1.35. The number of aliphatic hydroxyl groups is 1. The summed E-state index contributed by atoms with van der Waals surface area (Å²) in [6, 6.07) is 10.1. The Bertz CT molecular complexity index is 1340. The fourth-order valence-corrected chi connectivity index (χ4v) is 5.81. The van der Waals surface area contributed by atoms with Crippen LogP contribution in [0.4, 0.5) is 5.82 Å². The van der Waals surface area contributed by atoms with Crippen molar-refractivity contribution in [3.63, 3.8) is 0 Å². The number of aromatic nitrogens is 1. The molecule has 0 saturated carbocycles. The monoisotopic (exact) mass is 577 g/mol. The molecule has 0 radical (unpaired) electrons. The molecule has 3 unspecified atom stereocenters. The van der Waals surface area contributed by atoms with Crippen molar-refractivity contribution in [1.29, 1.82) is 0 Å². The zero-order chi connectivity index (χ0) is 30.3. The first-order valence-electron chi connectivity index (χ1n) is 15.0. The standard InChI is InChI=1S/C33H43N3O6/c1-4-6-9-24(19-35-15-5-2)21-41-31(40)33-30(39)27-11-8-7-10-26(27)29(38)32(33,42-33)18-25(20-37)22(3)12-13-23-14-16-36-28(34)17-23/h7-8,10-11,14,16-17,24,35,37H,4-6,9,12-13,15,18-21H2,1-3H3,(H2,34,36). The minimum atomic E-state index is -2.06. The smallest absolute Gasteiger partial charge is 0.350 e. The summed E-state index contributed by atoms with van der Waals surface area (Å²) in [6.45, 7) is 7.41. The number of unbranched alkanes of at least 4 members (excludes halogenated alkanes) is 1. The van der Waals surface area contributed by atoms with Crippen molar-refractivity contribution in [3.05, 3.63) is 70.4 Å². The van der Waals surface area contributed by atoms with Gasteiger partial charge in [0.1, 0.15) is 5.82 Å². The second-order valence-corrected chi connectivity index (χ2v) is 11.4. The van der Waals surface area contributed by atoms with Crippen LogP contribution in [0.5, 0.6) is 0 Å². The number of aryl methyl sites for hydroxylation is 1. The number of benzene rings is 1.